The van der Waals surface area contributed by atoms with Gasteiger partial charge in [-0.1, -0.05) is 66.7 Å². The van der Waals surface area contributed by atoms with Crippen LogP contribution in [0.3, 0.4) is 0 Å². The normalized spacial score (nSPS) is 12.3. The number of hydrogen-bond acceptors (Lipinski definition) is 8. The highest BCUT2D eigenvalue weighted by atomic mass is 16.5. The lowest BCUT2D eigenvalue weighted by atomic mass is 10.1. The summed E-state index contributed by atoms with van der Waals surface area (Å²) >= 11 is 0. The van der Waals surface area contributed by atoms with Gasteiger partial charge in [0, 0.05) is 5.56 Å². The molecule has 9 nitrogen and oxygen atoms in total. The molecule has 0 fully saturated rings. The van der Waals surface area contributed by atoms with Gasteiger partial charge in [0.05, 0.1) is 42.4 Å². The van der Waals surface area contributed by atoms with Crippen molar-refractivity contribution in [2.45, 2.75) is 6.54 Å². The van der Waals surface area contributed by atoms with Gasteiger partial charge in [0.15, 0.2) is 11.3 Å². The van der Waals surface area contributed by atoms with E-state index in [-0.39, 0.29) is 50.9 Å². The van der Waals surface area contributed by atoms with E-state index in [9.17, 15) is 20.0 Å². The second-order valence-corrected chi connectivity index (χ2v) is 8.50. The molecule has 5 rings (SSSR count). The fourth-order valence-corrected chi connectivity index (χ4v) is 4.52. The number of hydrogen-bond donors (Lipinski definition) is 1. The molecule has 0 aliphatic carbocycles. The van der Waals surface area contributed by atoms with Crippen molar-refractivity contribution in [3.8, 4) is 6.07 Å². The predicted octanol–water partition coefficient (Wildman–Crippen LogP) is 3.47. The zero-order valence-electron chi connectivity index (χ0n) is 21.1. The Balaban J connectivity index is 2.05. The summed E-state index contributed by atoms with van der Waals surface area (Å²) in [6, 6.07) is 25.5. The largest absolute Gasteiger partial charge is 0.507 e. The van der Waals surface area contributed by atoms with Gasteiger partial charge in [0.25, 0.3) is 0 Å². The molecule has 0 spiro atoms. The van der Waals surface area contributed by atoms with Crippen LogP contribution in [0.5, 0.6) is 0 Å². The van der Waals surface area contributed by atoms with Crippen molar-refractivity contribution in [1.29, 1.82) is 5.26 Å². The molecule has 0 aliphatic heterocycles. The lowest BCUT2D eigenvalue weighted by Crippen LogP contribution is -2.35. The Hall–Kier alpha value is -5.49. The summed E-state index contributed by atoms with van der Waals surface area (Å²) in [5.74, 6) is -1.79. The Bertz CT molecular complexity index is 1910. The molecule has 192 valence electrons. The van der Waals surface area contributed by atoms with Crippen LogP contribution >= 0.6 is 0 Å². The van der Waals surface area contributed by atoms with E-state index < -0.39 is 11.9 Å². The van der Waals surface area contributed by atoms with Crippen molar-refractivity contribution >= 4 is 34.4 Å². The van der Waals surface area contributed by atoms with E-state index in [1.54, 1.807) is 46.9 Å². The van der Waals surface area contributed by atoms with Crippen LogP contribution in [0.25, 0.3) is 22.4 Å². The maximum Gasteiger partial charge on any atom is 0.357 e. The smallest absolute Gasteiger partial charge is 0.357 e. The van der Waals surface area contributed by atoms with Gasteiger partial charge < -0.3 is 14.6 Å². The second-order valence-electron chi connectivity index (χ2n) is 8.50. The number of rotatable bonds is 5. The third-order valence-corrected chi connectivity index (χ3v) is 6.29. The molecule has 9 heteroatoms. The first-order valence-electron chi connectivity index (χ1n) is 11.9. The quantitative estimate of drug-likeness (QED) is 0.353. The monoisotopic (exact) mass is 518 g/mol. The summed E-state index contributed by atoms with van der Waals surface area (Å²) in [5, 5.41) is 22.4. The summed E-state index contributed by atoms with van der Waals surface area (Å²) in [5.41, 5.74) is 1.72. The number of carbonyl (C=O) groups excluding carboxylic acids is 2. The van der Waals surface area contributed by atoms with Crippen LogP contribution < -0.4 is 10.6 Å². The van der Waals surface area contributed by atoms with Gasteiger partial charge >= 0.3 is 11.9 Å². The number of nitrogens with zero attached hydrogens (tertiary/aromatic N) is 4. The second kappa shape index (κ2) is 10.5. The van der Waals surface area contributed by atoms with Crippen LogP contribution in [0.2, 0.25) is 0 Å². The molecule has 5 aromatic rings. The predicted molar refractivity (Wildman–Crippen MR) is 143 cm³/mol. The molecule has 0 bridgehead atoms. The van der Waals surface area contributed by atoms with Crippen LogP contribution in [-0.4, -0.2) is 40.6 Å². The van der Waals surface area contributed by atoms with Crippen molar-refractivity contribution in [1.82, 2.24) is 9.38 Å². The van der Waals surface area contributed by atoms with E-state index in [2.05, 4.69) is 11.1 Å². The zero-order valence-corrected chi connectivity index (χ0v) is 21.1. The molecule has 0 aliphatic rings. The van der Waals surface area contributed by atoms with E-state index in [4.69, 9.17) is 14.5 Å². The highest BCUT2D eigenvalue weighted by molar-refractivity contribution is 6.08. The summed E-state index contributed by atoms with van der Waals surface area (Å²) in [7, 11) is 2.36. The standard InChI is InChI=1S/C30H22N4O5/c1-38-29(36)24-22-15-9-14-21-23(27(35)19-12-7-4-8-13-19)25(32-17-18-10-5-3-6-11-18)20(16-31)28(34(21)22)33-26(24)30(37)39-2/h3-15,35H,17H2,1-2H3/b27-23+,32-25?. The Morgan fingerprint density at radius 1 is 0.923 bits per heavy atom. The molecule has 2 aromatic carbocycles. The number of aliphatic hydroxyl groups is 1. The molecule has 0 radical (unpaired) electrons. The molecule has 0 atom stereocenters. The summed E-state index contributed by atoms with van der Waals surface area (Å²) in [4.78, 5) is 34.8. The van der Waals surface area contributed by atoms with Crippen LogP contribution in [0.4, 0.5) is 0 Å². The lowest BCUT2D eigenvalue weighted by molar-refractivity contribution is 0.0551. The average molecular weight is 519 g/mol. The minimum atomic E-state index is -0.868. The maximum atomic E-state index is 12.9. The van der Waals surface area contributed by atoms with Crippen molar-refractivity contribution in [3.05, 3.63) is 117 Å². The van der Waals surface area contributed by atoms with Crippen LogP contribution in [0.1, 0.15) is 37.5 Å². The topological polar surface area (TPSA) is 126 Å². The van der Waals surface area contributed by atoms with Crippen LogP contribution in [0, 0.1) is 11.3 Å². The van der Waals surface area contributed by atoms with E-state index >= 15 is 0 Å². The highest BCUT2D eigenvalue weighted by Crippen LogP contribution is 2.23. The zero-order chi connectivity index (χ0) is 27.5. The van der Waals surface area contributed by atoms with Gasteiger partial charge in [-0.15, -0.1) is 0 Å². The number of aromatic nitrogens is 2. The minimum absolute atomic E-state index is 0.0127. The van der Waals surface area contributed by atoms with Gasteiger partial charge in [-0.25, -0.2) is 14.6 Å². The Morgan fingerprint density at radius 3 is 2.21 bits per heavy atom. The van der Waals surface area contributed by atoms with Gasteiger partial charge in [-0.3, -0.25) is 9.39 Å². The maximum absolute atomic E-state index is 12.9. The molecule has 3 heterocycles. The number of aliphatic hydroxyl groups excluding tert-OH is 1. The Labute approximate surface area is 222 Å². The van der Waals surface area contributed by atoms with E-state index in [0.717, 1.165) is 5.56 Å². The molecule has 1 N–H and O–H groups in total. The van der Waals surface area contributed by atoms with Crippen LogP contribution in [-0.2, 0) is 16.0 Å². The molecular formula is C30H22N4O5. The van der Waals surface area contributed by atoms with E-state index in [0.29, 0.717) is 11.1 Å². The highest BCUT2D eigenvalue weighted by Gasteiger charge is 2.27. The fraction of sp³-hybridized carbons (Fsp3) is 0.100. The number of methoxy groups -OCH3 is 2. The SMILES string of the molecule is COC(=O)c1nc2c(C#N)c(=NCc3ccccc3)/c(=C(/O)c3ccccc3)c3cccc(c1C(=O)OC)n23. The van der Waals surface area contributed by atoms with Crippen molar-refractivity contribution in [2.24, 2.45) is 4.99 Å². The molecule has 3 aromatic heterocycles. The molecular weight excluding hydrogens is 496 g/mol. The minimum Gasteiger partial charge on any atom is -0.507 e. The fourth-order valence-electron chi connectivity index (χ4n) is 4.52. The lowest BCUT2D eigenvalue weighted by Gasteiger charge is -2.16. The molecule has 0 unspecified atom stereocenters. The van der Waals surface area contributed by atoms with E-state index in [1.165, 1.54) is 14.2 Å². The third-order valence-electron chi connectivity index (χ3n) is 6.29. The molecule has 0 amide bonds. The summed E-state index contributed by atoms with van der Waals surface area (Å²) in [6.45, 7) is 0.215. The first kappa shape index (κ1) is 25.2. The van der Waals surface area contributed by atoms with Crippen molar-refractivity contribution in [3.63, 3.8) is 0 Å². The van der Waals surface area contributed by atoms with Gasteiger partial charge in [0.1, 0.15) is 23.0 Å². The van der Waals surface area contributed by atoms with Gasteiger partial charge in [-0.05, 0) is 17.7 Å². The summed E-state index contributed by atoms with van der Waals surface area (Å²) in [6.07, 6.45) is 0. The number of benzene rings is 2. The molecule has 0 saturated heterocycles. The van der Waals surface area contributed by atoms with Crippen molar-refractivity contribution in [2.75, 3.05) is 14.2 Å². The van der Waals surface area contributed by atoms with Crippen molar-refractivity contribution < 1.29 is 24.2 Å². The third kappa shape index (κ3) is 4.34. The van der Waals surface area contributed by atoms with Gasteiger partial charge in [0.2, 0.25) is 0 Å². The summed E-state index contributed by atoms with van der Waals surface area (Å²) < 4.78 is 11.4. The molecule has 0 saturated carbocycles. The Kier molecular flexibility index (Phi) is 6.76. The average Bonchev–Trinajstić information content (AvgIpc) is 2.99. The number of nitriles is 1. The first-order valence-corrected chi connectivity index (χ1v) is 11.9. The number of carbonyl (C=O) groups is 2. The molecule has 39 heavy (non-hydrogen) atoms. The van der Waals surface area contributed by atoms with Gasteiger partial charge in [-0.2, -0.15) is 5.26 Å². The van der Waals surface area contributed by atoms with E-state index in [1.807, 2.05) is 36.4 Å². The number of esters is 2. The first-order chi connectivity index (χ1) is 19.0. The number of ether oxygens (including phenoxy) is 2. The van der Waals surface area contributed by atoms with Crippen LogP contribution in [0.15, 0.2) is 83.9 Å². The Morgan fingerprint density at radius 2 is 1.56 bits per heavy atom. The number of pyridine rings is 2.